The van der Waals surface area contributed by atoms with Gasteiger partial charge in [-0.3, -0.25) is 10.1 Å². The molecule has 3 aromatic rings. The molecule has 0 aliphatic carbocycles. The van der Waals surface area contributed by atoms with Gasteiger partial charge in [-0.2, -0.15) is 0 Å². The van der Waals surface area contributed by atoms with E-state index in [1.165, 1.54) is 5.56 Å². The van der Waals surface area contributed by atoms with Crippen LogP contribution in [0, 0.1) is 10.1 Å². The fourth-order valence-electron chi connectivity index (χ4n) is 2.89. The highest BCUT2D eigenvalue weighted by molar-refractivity contribution is 5.95. The number of aryl methyl sites for hydroxylation is 1. The van der Waals surface area contributed by atoms with Crippen molar-refractivity contribution < 1.29 is 4.92 Å². The Labute approximate surface area is 147 Å². The van der Waals surface area contributed by atoms with Crippen molar-refractivity contribution in [1.29, 1.82) is 0 Å². The number of nitrogens with zero attached hydrogens (tertiary/aromatic N) is 1. The molecule has 3 nitrogen and oxygen atoms in total. The highest BCUT2D eigenvalue weighted by Gasteiger charge is 2.23. The van der Waals surface area contributed by atoms with Crippen LogP contribution in [0.3, 0.4) is 0 Å². The number of nitro groups is 1. The second-order valence-electron chi connectivity index (χ2n) is 5.76. The highest BCUT2D eigenvalue weighted by atomic mass is 16.6. The maximum Gasteiger partial charge on any atom is 0.284 e. The van der Waals surface area contributed by atoms with Gasteiger partial charge in [0.25, 0.3) is 5.70 Å². The van der Waals surface area contributed by atoms with Crippen LogP contribution in [0.1, 0.15) is 29.2 Å². The molecule has 0 aromatic heterocycles. The van der Waals surface area contributed by atoms with Gasteiger partial charge in [0, 0.05) is 0 Å². The lowest BCUT2D eigenvalue weighted by Gasteiger charge is -2.11. The van der Waals surface area contributed by atoms with E-state index in [1.54, 1.807) is 12.1 Å². The van der Waals surface area contributed by atoms with E-state index in [1.807, 2.05) is 72.8 Å². The largest absolute Gasteiger partial charge is 0.284 e. The summed E-state index contributed by atoms with van der Waals surface area (Å²) in [6, 6.07) is 26.6. The van der Waals surface area contributed by atoms with E-state index in [9.17, 15) is 10.1 Å². The van der Waals surface area contributed by atoms with Crippen molar-refractivity contribution in [3.63, 3.8) is 0 Å². The van der Waals surface area contributed by atoms with E-state index in [-0.39, 0.29) is 10.6 Å². The van der Waals surface area contributed by atoms with Gasteiger partial charge in [0.15, 0.2) is 0 Å². The minimum absolute atomic E-state index is 0.121. The Kier molecular flexibility index (Phi) is 5.05. The van der Waals surface area contributed by atoms with Gasteiger partial charge in [-0.15, -0.1) is 0 Å². The second-order valence-corrected chi connectivity index (χ2v) is 5.76. The quantitative estimate of drug-likeness (QED) is 0.355. The summed E-state index contributed by atoms with van der Waals surface area (Å²) in [7, 11) is 0. The number of hydrogen-bond acceptors (Lipinski definition) is 2. The number of benzene rings is 3. The standard InChI is InChI=1S/C22H19NO2/c1-2-17-13-15-19(16-14-17)21(18-9-5-3-6-10-18)22(23(24)25)20-11-7-4-8-12-20/h3-16H,2H2,1H3. The van der Waals surface area contributed by atoms with E-state index in [0.29, 0.717) is 11.1 Å². The van der Waals surface area contributed by atoms with Crippen LogP contribution in [0.4, 0.5) is 0 Å². The van der Waals surface area contributed by atoms with Crippen LogP contribution in [0.25, 0.3) is 11.3 Å². The lowest BCUT2D eigenvalue weighted by Crippen LogP contribution is -2.04. The maximum atomic E-state index is 12.0. The Balaban J connectivity index is 2.30. The average molecular weight is 329 g/mol. The van der Waals surface area contributed by atoms with Crippen molar-refractivity contribution in [3.05, 3.63) is 117 Å². The van der Waals surface area contributed by atoms with Gasteiger partial charge in [-0.1, -0.05) is 79.7 Å². The van der Waals surface area contributed by atoms with Crippen LogP contribution >= 0.6 is 0 Å². The smallest absolute Gasteiger partial charge is 0.258 e. The highest BCUT2D eigenvalue weighted by Crippen LogP contribution is 2.32. The molecule has 0 amide bonds. The first-order valence-corrected chi connectivity index (χ1v) is 8.29. The van der Waals surface area contributed by atoms with Crippen molar-refractivity contribution in [2.75, 3.05) is 0 Å². The van der Waals surface area contributed by atoms with Gasteiger partial charge >= 0.3 is 0 Å². The van der Waals surface area contributed by atoms with E-state index in [4.69, 9.17) is 0 Å². The number of hydrogen-bond donors (Lipinski definition) is 0. The summed E-state index contributed by atoms with van der Waals surface area (Å²) >= 11 is 0. The zero-order valence-corrected chi connectivity index (χ0v) is 14.1. The molecule has 0 spiro atoms. The molecule has 3 rings (SSSR count). The molecule has 25 heavy (non-hydrogen) atoms. The van der Waals surface area contributed by atoms with Gasteiger partial charge in [-0.05, 0) is 35.2 Å². The van der Waals surface area contributed by atoms with Gasteiger partial charge in [-0.25, -0.2) is 0 Å². The topological polar surface area (TPSA) is 43.1 Å². The molecule has 3 heteroatoms. The molecule has 0 heterocycles. The van der Waals surface area contributed by atoms with Gasteiger partial charge in [0.2, 0.25) is 0 Å². The SMILES string of the molecule is CCc1ccc(C(=C(c2ccccc2)[N+](=O)[O-])c2ccccc2)cc1. The van der Waals surface area contributed by atoms with Crippen LogP contribution in [0.2, 0.25) is 0 Å². The fraction of sp³-hybridized carbons (Fsp3) is 0.0909. The van der Waals surface area contributed by atoms with Crippen molar-refractivity contribution in [3.8, 4) is 0 Å². The molecule has 0 fully saturated rings. The molecular formula is C22H19NO2. The van der Waals surface area contributed by atoms with Crippen LogP contribution in [-0.4, -0.2) is 4.92 Å². The molecule has 0 unspecified atom stereocenters. The predicted molar refractivity (Wildman–Crippen MR) is 102 cm³/mol. The lowest BCUT2D eigenvalue weighted by molar-refractivity contribution is -0.374. The third-order valence-corrected chi connectivity index (χ3v) is 4.18. The van der Waals surface area contributed by atoms with E-state index in [0.717, 1.165) is 17.5 Å². The first-order valence-electron chi connectivity index (χ1n) is 8.29. The molecule has 0 aliphatic rings. The maximum absolute atomic E-state index is 12.0. The van der Waals surface area contributed by atoms with Gasteiger partial charge in [0.1, 0.15) is 0 Å². The average Bonchev–Trinajstić information content (AvgIpc) is 2.67. The van der Waals surface area contributed by atoms with Crippen molar-refractivity contribution >= 4 is 11.3 Å². The molecule has 0 aliphatic heterocycles. The number of rotatable bonds is 5. The first-order chi connectivity index (χ1) is 12.2. The van der Waals surface area contributed by atoms with Crippen molar-refractivity contribution in [1.82, 2.24) is 0 Å². The Morgan fingerprint density at radius 2 is 1.24 bits per heavy atom. The molecule has 0 atom stereocenters. The minimum Gasteiger partial charge on any atom is -0.258 e. The normalized spacial score (nSPS) is 11.7. The van der Waals surface area contributed by atoms with Crippen LogP contribution < -0.4 is 0 Å². The summed E-state index contributed by atoms with van der Waals surface area (Å²) in [5, 5.41) is 12.0. The summed E-state index contributed by atoms with van der Waals surface area (Å²) in [4.78, 5) is 11.7. The third kappa shape index (κ3) is 3.66. The molecular weight excluding hydrogens is 310 g/mol. The molecule has 3 aromatic carbocycles. The molecule has 0 saturated heterocycles. The Morgan fingerprint density at radius 3 is 1.72 bits per heavy atom. The summed E-state index contributed by atoms with van der Waals surface area (Å²) in [6.07, 6.45) is 0.936. The van der Waals surface area contributed by atoms with E-state index < -0.39 is 0 Å². The minimum atomic E-state index is -0.286. The van der Waals surface area contributed by atoms with Crippen LogP contribution in [-0.2, 0) is 6.42 Å². The van der Waals surface area contributed by atoms with Gasteiger partial charge < -0.3 is 0 Å². The summed E-state index contributed by atoms with van der Waals surface area (Å²) in [5.74, 6) is 0. The Hall–Kier alpha value is -3.20. The predicted octanol–water partition coefficient (Wildman–Crippen LogP) is 5.44. The van der Waals surface area contributed by atoms with Crippen LogP contribution in [0.15, 0.2) is 84.9 Å². The first kappa shape index (κ1) is 16.7. The van der Waals surface area contributed by atoms with E-state index >= 15 is 0 Å². The van der Waals surface area contributed by atoms with Crippen LogP contribution in [0.5, 0.6) is 0 Å². The molecule has 0 N–H and O–H groups in total. The zero-order chi connectivity index (χ0) is 17.6. The fourth-order valence-corrected chi connectivity index (χ4v) is 2.89. The van der Waals surface area contributed by atoms with Crippen molar-refractivity contribution in [2.45, 2.75) is 13.3 Å². The molecule has 0 radical (unpaired) electrons. The third-order valence-electron chi connectivity index (χ3n) is 4.18. The second kappa shape index (κ2) is 7.58. The lowest BCUT2D eigenvalue weighted by atomic mass is 9.92. The summed E-state index contributed by atoms with van der Waals surface area (Å²) < 4.78 is 0. The zero-order valence-electron chi connectivity index (χ0n) is 14.1. The Morgan fingerprint density at radius 1 is 0.760 bits per heavy atom. The molecule has 0 saturated carbocycles. The van der Waals surface area contributed by atoms with Crippen molar-refractivity contribution in [2.24, 2.45) is 0 Å². The summed E-state index contributed by atoms with van der Waals surface area (Å²) in [6.45, 7) is 2.09. The summed E-state index contributed by atoms with van der Waals surface area (Å²) in [5.41, 5.74) is 4.25. The molecule has 124 valence electrons. The van der Waals surface area contributed by atoms with E-state index in [2.05, 4.69) is 6.92 Å². The van der Waals surface area contributed by atoms with Gasteiger partial charge in [0.05, 0.1) is 16.1 Å². The molecule has 0 bridgehead atoms. The monoisotopic (exact) mass is 329 g/mol. The Bertz CT molecular complexity index is 882.